The number of hydrogen-bond acceptors (Lipinski definition) is 7. The molecule has 4 rings (SSSR count). The molecule has 180 valence electrons. The van der Waals surface area contributed by atoms with Crippen LogP contribution < -0.4 is 15.0 Å². The fraction of sp³-hybridized carbons (Fsp3) is 0.522. The molecule has 2 saturated heterocycles. The maximum atomic E-state index is 5.98. The first kappa shape index (κ1) is 25.4. The van der Waals surface area contributed by atoms with Crippen LogP contribution in [0.15, 0.2) is 47.7 Å². The van der Waals surface area contributed by atoms with Crippen LogP contribution in [-0.4, -0.2) is 98.4 Å². The number of rotatable bonds is 7. The molecule has 33 heavy (non-hydrogen) atoms. The number of aliphatic imine (C=N–C) groups is 1. The van der Waals surface area contributed by atoms with Gasteiger partial charge < -0.3 is 24.6 Å². The lowest BCUT2D eigenvalue weighted by atomic mass is 10.2. The third kappa shape index (κ3) is 7.68. The van der Waals surface area contributed by atoms with Crippen molar-refractivity contribution in [2.24, 2.45) is 4.99 Å². The van der Waals surface area contributed by atoms with Crippen LogP contribution in [0.1, 0.15) is 5.56 Å². The number of benzene rings is 1. The molecule has 0 spiro atoms. The highest BCUT2D eigenvalue weighted by Crippen LogP contribution is 2.14. The largest absolute Gasteiger partial charge is 0.492 e. The Kier molecular flexibility index (Phi) is 10.4. The molecular formula is C23H34IN7O2. The van der Waals surface area contributed by atoms with E-state index in [0.717, 1.165) is 76.7 Å². The molecule has 0 radical (unpaired) electrons. The first-order chi connectivity index (χ1) is 15.8. The Hall–Kier alpha value is -2.18. The topological polar surface area (TPSA) is 78.4 Å². The minimum atomic E-state index is 0. The summed E-state index contributed by atoms with van der Waals surface area (Å²) in [7, 11) is 1.83. The molecule has 0 aliphatic carbocycles. The highest BCUT2D eigenvalue weighted by atomic mass is 127. The molecule has 0 saturated carbocycles. The number of guanidine groups is 1. The second kappa shape index (κ2) is 13.5. The lowest BCUT2D eigenvalue weighted by Gasteiger charge is -2.36. The Bertz CT molecular complexity index is 857. The summed E-state index contributed by atoms with van der Waals surface area (Å²) in [6, 6.07) is 10.1. The maximum absolute atomic E-state index is 5.98. The molecular weight excluding hydrogens is 533 g/mol. The molecule has 1 aromatic heterocycles. The van der Waals surface area contributed by atoms with Crippen LogP contribution in [0.3, 0.4) is 0 Å². The van der Waals surface area contributed by atoms with Crippen LogP contribution in [0, 0.1) is 0 Å². The first-order valence-electron chi connectivity index (χ1n) is 11.3. The van der Waals surface area contributed by atoms with Crippen molar-refractivity contribution in [1.29, 1.82) is 0 Å². The van der Waals surface area contributed by atoms with Crippen LogP contribution in [0.25, 0.3) is 0 Å². The molecule has 1 aromatic carbocycles. The molecule has 0 bridgehead atoms. The number of halogens is 1. The second-order valence-electron chi connectivity index (χ2n) is 7.87. The first-order valence-corrected chi connectivity index (χ1v) is 11.3. The van der Waals surface area contributed by atoms with Gasteiger partial charge in [0.2, 0.25) is 5.95 Å². The minimum Gasteiger partial charge on any atom is -0.492 e. The Morgan fingerprint density at radius 2 is 1.82 bits per heavy atom. The van der Waals surface area contributed by atoms with E-state index in [1.807, 2.05) is 25.2 Å². The van der Waals surface area contributed by atoms with E-state index in [4.69, 9.17) is 9.47 Å². The van der Waals surface area contributed by atoms with Gasteiger partial charge in [-0.15, -0.1) is 24.0 Å². The summed E-state index contributed by atoms with van der Waals surface area (Å²) in [4.78, 5) is 20.1. The van der Waals surface area contributed by atoms with Crippen molar-refractivity contribution >= 4 is 35.9 Å². The predicted octanol–water partition coefficient (Wildman–Crippen LogP) is 1.70. The molecule has 0 unspecified atom stereocenters. The van der Waals surface area contributed by atoms with Crippen LogP contribution in [0.4, 0.5) is 5.95 Å². The Morgan fingerprint density at radius 1 is 1.06 bits per heavy atom. The van der Waals surface area contributed by atoms with Crippen LogP contribution in [-0.2, 0) is 11.3 Å². The SMILES string of the molecule is CN=C(NCc1cccc(OCCN2CCOCC2)c1)N1CCN(c2ncccn2)CC1.I. The number of anilines is 1. The van der Waals surface area contributed by atoms with E-state index in [9.17, 15) is 0 Å². The summed E-state index contributed by atoms with van der Waals surface area (Å²) in [5.74, 6) is 2.61. The number of aromatic nitrogens is 2. The molecule has 2 aliphatic heterocycles. The van der Waals surface area contributed by atoms with E-state index in [0.29, 0.717) is 13.2 Å². The number of nitrogens with zero attached hydrogens (tertiary/aromatic N) is 6. The molecule has 10 heteroatoms. The van der Waals surface area contributed by atoms with Gasteiger partial charge in [-0.25, -0.2) is 9.97 Å². The summed E-state index contributed by atoms with van der Waals surface area (Å²) >= 11 is 0. The molecule has 0 atom stereocenters. The van der Waals surface area contributed by atoms with E-state index >= 15 is 0 Å². The average Bonchev–Trinajstić information content (AvgIpc) is 2.86. The van der Waals surface area contributed by atoms with Gasteiger partial charge in [0.25, 0.3) is 0 Å². The molecule has 2 aliphatic rings. The van der Waals surface area contributed by atoms with Crippen molar-refractivity contribution in [3.8, 4) is 5.75 Å². The molecule has 3 heterocycles. The zero-order valence-electron chi connectivity index (χ0n) is 19.2. The van der Waals surface area contributed by atoms with E-state index in [1.165, 1.54) is 5.56 Å². The summed E-state index contributed by atoms with van der Waals surface area (Å²) in [6.07, 6.45) is 3.57. The zero-order valence-corrected chi connectivity index (χ0v) is 21.6. The van der Waals surface area contributed by atoms with Crippen LogP contribution in [0.2, 0.25) is 0 Å². The molecule has 2 aromatic rings. The Morgan fingerprint density at radius 3 is 2.55 bits per heavy atom. The summed E-state index contributed by atoms with van der Waals surface area (Å²) in [6.45, 7) is 9.43. The van der Waals surface area contributed by atoms with Gasteiger partial charge in [-0.1, -0.05) is 12.1 Å². The van der Waals surface area contributed by atoms with Crippen molar-refractivity contribution in [2.45, 2.75) is 6.54 Å². The van der Waals surface area contributed by atoms with Crippen molar-refractivity contribution in [2.75, 3.05) is 77.6 Å². The van der Waals surface area contributed by atoms with Gasteiger partial charge in [-0.2, -0.15) is 0 Å². The summed E-state index contributed by atoms with van der Waals surface area (Å²) < 4.78 is 11.4. The number of piperazine rings is 1. The van der Waals surface area contributed by atoms with Gasteiger partial charge in [0.15, 0.2) is 5.96 Å². The minimum absolute atomic E-state index is 0. The number of morpholine rings is 1. The lowest BCUT2D eigenvalue weighted by molar-refractivity contribution is 0.0322. The average molecular weight is 567 g/mol. The van der Waals surface area contributed by atoms with Gasteiger partial charge in [-0.3, -0.25) is 9.89 Å². The van der Waals surface area contributed by atoms with Crippen molar-refractivity contribution < 1.29 is 9.47 Å². The molecule has 2 fully saturated rings. The lowest BCUT2D eigenvalue weighted by Crippen LogP contribution is -2.52. The van der Waals surface area contributed by atoms with Gasteiger partial charge in [0.05, 0.1) is 13.2 Å². The van der Waals surface area contributed by atoms with E-state index in [2.05, 4.69) is 47.1 Å². The third-order valence-corrected chi connectivity index (χ3v) is 5.76. The van der Waals surface area contributed by atoms with E-state index in [-0.39, 0.29) is 24.0 Å². The highest BCUT2D eigenvalue weighted by molar-refractivity contribution is 14.0. The maximum Gasteiger partial charge on any atom is 0.225 e. The normalized spacial score (nSPS) is 17.4. The van der Waals surface area contributed by atoms with Crippen LogP contribution in [0.5, 0.6) is 5.75 Å². The summed E-state index contributed by atoms with van der Waals surface area (Å²) in [5.41, 5.74) is 1.17. The summed E-state index contributed by atoms with van der Waals surface area (Å²) in [5, 5.41) is 3.49. The Balaban J connectivity index is 0.00000306. The van der Waals surface area contributed by atoms with Gasteiger partial charge >= 0.3 is 0 Å². The van der Waals surface area contributed by atoms with Gasteiger partial charge in [0.1, 0.15) is 12.4 Å². The molecule has 0 amide bonds. The standard InChI is InChI=1S/C23H33N7O2.HI/c1-24-22(29-8-10-30(11-9-29)23-25-6-3-7-26-23)27-19-20-4-2-5-21(18-20)32-17-14-28-12-15-31-16-13-28;/h2-7,18H,8-17,19H2,1H3,(H,24,27);1H. The molecule has 9 nitrogen and oxygen atoms in total. The van der Waals surface area contributed by atoms with Crippen LogP contribution >= 0.6 is 24.0 Å². The smallest absolute Gasteiger partial charge is 0.225 e. The zero-order chi connectivity index (χ0) is 22.0. The van der Waals surface area contributed by atoms with E-state index in [1.54, 1.807) is 12.4 Å². The van der Waals surface area contributed by atoms with Crippen molar-refractivity contribution in [3.63, 3.8) is 0 Å². The third-order valence-electron chi connectivity index (χ3n) is 5.76. The number of hydrogen-bond donors (Lipinski definition) is 1. The second-order valence-corrected chi connectivity index (χ2v) is 7.87. The highest BCUT2D eigenvalue weighted by Gasteiger charge is 2.21. The fourth-order valence-electron chi connectivity index (χ4n) is 3.95. The fourth-order valence-corrected chi connectivity index (χ4v) is 3.95. The predicted molar refractivity (Wildman–Crippen MR) is 141 cm³/mol. The molecule has 1 N–H and O–H groups in total. The van der Waals surface area contributed by atoms with Gasteiger partial charge in [0, 0.05) is 71.8 Å². The van der Waals surface area contributed by atoms with Crippen molar-refractivity contribution in [1.82, 2.24) is 25.1 Å². The number of ether oxygens (including phenoxy) is 2. The monoisotopic (exact) mass is 567 g/mol. The van der Waals surface area contributed by atoms with E-state index < -0.39 is 0 Å². The quantitative estimate of drug-likeness (QED) is 0.308. The number of nitrogens with one attached hydrogen (secondary N) is 1. The van der Waals surface area contributed by atoms with Crippen molar-refractivity contribution in [3.05, 3.63) is 48.3 Å². The Labute approximate surface area is 213 Å². The van der Waals surface area contributed by atoms with Gasteiger partial charge in [-0.05, 0) is 23.8 Å².